The average Bonchev–Trinajstić information content (AvgIpc) is 2.83. The van der Waals surface area contributed by atoms with Crippen molar-refractivity contribution in [2.45, 2.75) is 6.54 Å². The molecule has 2 rings (SSSR count). The van der Waals surface area contributed by atoms with Crippen molar-refractivity contribution in [2.75, 3.05) is 0 Å². The Hall–Kier alpha value is -2.68. The number of nitriles is 1. The van der Waals surface area contributed by atoms with Crippen LogP contribution in [0.5, 0.6) is 0 Å². The Bertz CT molecular complexity index is 657. The first-order valence-electron chi connectivity index (χ1n) is 5.56. The number of nitrogens with one attached hydrogen (secondary N) is 1. The molecule has 0 saturated carbocycles. The van der Waals surface area contributed by atoms with Crippen LogP contribution in [-0.2, 0) is 13.6 Å². The van der Waals surface area contributed by atoms with Gasteiger partial charge < -0.3 is 5.32 Å². The van der Waals surface area contributed by atoms with E-state index in [1.54, 1.807) is 13.1 Å². The summed E-state index contributed by atoms with van der Waals surface area (Å²) in [5.41, 5.74) is 0.975. The van der Waals surface area contributed by atoms with Gasteiger partial charge in [-0.05, 0) is 18.2 Å². The number of nitrogens with zero attached hydrogens (tertiary/aromatic N) is 3. The predicted octanol–water partition coefficient (Wildman–Crippen LogP) is 1.36. The molecule has 6 heteroatoms. The Morgan fingerprint density at radius 2 is 2.32 bits per heavy atom. The van der Waals surface area contributed by atoms with E-state index in [4.69, 9.17) is 5.26 Å². The molecule has 0 spiro atoms. The van der Waals surface area contributed by atoms with E-state index < -0.39 is 5.82 Å². The van der Waals surface area contributed by atoms with E-state index in [0.29, 0.717) is 11.3 Å². The van der Waals surface area contributed by atoms with E-state index >= 15 is 0 Å². The maximum Gasteiger partial charge on any atom is 0.269 e. The minimum atomic E-state index is -0.510. The molecule has 0 aliphatic heterocycles. The Labute approximate surface area is 109 Å². The minimum Gasteiger partial charge on any atom is -0.347 e. The lowest BCUT2D eigenvalue weighted by atomic mass is 10.1. The summed E-state index contributed by atoms with van der Waals surface area (Å²) in [5, 5.41) is 15.1. The van der Waals surface area contributed by atoms with Crippen molar-refractivity contribution in [2.24, 2.45) is 7.05 Å². The molecule has 5 nitrogen and oxygen atoms in total. The van der Waals surface area contributed by atoms with E-state index in [0.717, 1.165) is 6.07 Å². The molecular weight excluding hydrogens is 247 g/mol. The fourth-order valence-electron chi connectivity index (χ4n) is 1.62. The monoisotopic (exact) mass is 258 g/mol. The number of aryl methyl sites for hydroxylation is 1. The Morgan fingerprint density at radius 3 is 2.89 bits per heavy atom. The van der Waals surface area contributed by atoms with Crippen LogP contribution in [-0.4, -0.2) is 15.7 Å². The zero-order chi connectivity index (χ0) is 13.8. The van der Waals surface area contributed by atoms with Gasteiger partial charge in [-0.25, -0.2) is 4.39 Å². The van der Waals surface area contributed by atoms with Crippen LogP contribution in [0.2, 0.25) is 0 Å². The van der Waals surface area contributed by atoms with Gasteiger partial charge in [-0.2, -0.15) is 10.4 Å². The highest BCUT2D eigenvalue weighted by Crippen LogP contribution is 2.10. The first-order valence-corrected chi connectivity index (χ1v) is 5.56. The molecule has 1 aromatic carbocycles. The molecule has 0 radical (unpaired) electrons. The average molecular weight is 258 g/mol. The fourth-order valence-corrected chi connectivity index (χ4v) is 1.62. The zero-order valence-corrected chi connectivity index (χ0v) is 10.2. The summed E-state index contributed by atoms with van der Waals surface area (Å²) in [6.07, 6.45) is 1.51. The molecule has 1 aromatic heterocycles. The Morgan fingerprint density at radius 1 is 1.53 bits per heavy atom. The highest BCUT2D eigenvalue weighted by atomic mass is 19.1. The maximum absolute atomic E-state index is 13.6. The number of benzene rings is 1. The summed E-state index contributed by atoms with van der Waals surface area (Å²) in [6, 6.07) is 7.56. The molecule has 0 aliphatic rings. The minimum absolute atomic E-state index is 0.0571. The highest BCUT2D eigenvalue weighted by Gasteiger charge is 2.10. The molecule has 0 unspecified atom stereocenters. The van der Waals surface area contributed by atoms with Crippen molar-refractivity contribution >= 4 is 5.91 Å². The lowest BCUT2D eigenvalue weighted by Crippen LogP contribution is -2.25. The normalized spacial score (nSPS) is 9.95. The van der Waals surface area contributed by atoms with Crippen molar-refractivity contribution < 1.29 is 9.18 Å². The number of rotatable bonds is 3. The van der Waals surface area contributed by atoms with Gasteiger partial charge in [0.25, 0.3) is 5.91 Å². The van der Waals surface area contributed by atoms with Crippen LogP contribution in [0.1, 0.15) is 21.6 Å². The highest BCUT2D eigenvalue weighted by molar-refractivity contribution is 5.92. The summed E-state index contributed by atoms with van der Waals surface area (Å²) in [4.78, 5) is 11.8. The number of carbonyl (C=O) groups excluding carboxylic acids is 1. The van der Waals surface area contributed by atoms with Crippen LogP contribution in [0.25, 0.3) is 0 Å². The van der Waals surface area contributed by atoms with Crippen molar-refractivity contribution in [1.29, 1.82) is 5.26 Å². The Balaban J connectivity index is 2.06. The van der Waals surface area contributed by atoms with Gasteiger partial charge in [0.2, 0.25) is 0 Å². The van der Waals surface area contributed by atoms with Crippen molar-refractivity contribution in [3.05, 3.63) is 53.1 Å². The first-order chi connectivity index (χ1) is 9.11. The second-order valence-electron chi connectivity index (χ2n) is 3.94. The predicted molar refractivity (Wildman–Crippen MR) is 65.5 cm³/mol. The molecule has 0 aliphatic carbocycles. The van der Waals surface area contributed by atoms with Gasteiger partial charge in [-0.3, -0.25) is 9.48 Å². The number of hydrogen-bond donors (Lipinski definition) is 1. The standard InChI is InChI=1S/C13H11FN4O/c1-18-12(4-5-17-18)13(19)16-8-10-3-2-9(7-15)6-11(10)14/h2-6H,8H2,1H3,(H,16,19). The van der Waals surface area contributed by atoms with Crippen LogP contribution in [0.4, 0.5) is 4.39 Å². The number of hydrogen-bond acceptors (Lipinski definition) is 3. The molecule has 0 fully saturated rings. The second-order valence-corrected chi connectivity index (χ2v) is 3.94. The van der Waals surface area contributed by atoms with Gasteiger partial charge in [0.1, 0.15) is 11.5 Å². The van der Waals surface area contributed by atoms with Gasteiger partial charge in [0.05, 0.1) is 11.6 Å². The summed E-state index contributed by atoms with van der Waals surface area (Å²) < 4.78 is 15.0. The quantitative estimate of drug-likeness (QED) is 0.903. The summed E-state index contributed by atoms with van der Waals surface area (Å²) in [7, 11) is 1.65. The van der Waals surface area contributed by atoms with Crippen molar-refractivity contribution in [3.8, 4) is 6.07 Å². The molecular formula is C13H11FN4O. The van der Waals surface area contributed by atoms with Crippen molar-refractivity contribution in [3.63, 3.8) is 0 Å². The largest absolute Gasteiger partial charge is 0.347 e. The third-order valence-electron chi connectivity index (χ3n) is 2.68. The number of halogens is 1. The van der Waals surface area contributed by atoms with Gasteiger partial charge in [-0.1, -0.05) is 6.07 Å². The molecule has 19 heavy (non-hydrogen) atoms. The number of amides is 1. The third-order valence-corrected chi connectivity index (χ3v) is 2.68. The molecule has 96 valence electrons. The molecule has 1 heterocycles. The summed E-state index contributed by atoms with van der Waals surface area (Å²) >= 11 is 0. The molecule has 1 N–H and O–H groups in total. The van der Waals surface area contributed by atoms with E-state index in [9.17, 15) is 9.18 Å². The topological polar surface area (TPSA) is 70.7 Å². The van der Waals surface area contributed by atoms with E-state index in [1.807, 2.05) is 6.07 Å². The molecule has 0 bridgehead atoms. The summed E-state index contributed by atoms with van der Waals surface area (Å²) in [6.45, 7) is 0.0571. The smallest absolute Gasteiger partial charge is 0.269 e. The fraction of sp³-hybridized carbons (Fsp3) is 0.154. The van der Waals surface area contributed by atoms with Crippen LogP contribution in [0.15, 0.2) is 30.5 Å². The van der Waals surface area contributed by atoms with Gasteiger partial charge in [0.15, 0.2) is 0 Å². The van der Waals surface area contributed by atoms with Crippen LogP contribution in [0.3, 0.4) is 0 Å². The number of carbonyl (C=O) groups is 1. The molecule has 2 aromatic rings. The summed E-state index contributed by atoms with van der Waals surface area (Å²) in [5.74, 6) is -0.840. The van der Waals surface area contributed by atoms with Crippen LogP contribution < -0.4 is 5.32 Å². The van der Waals surface area contributed by atoms with Gasteiger partial charge >= 0.3 is 0 Å². The Kier molecular flexibility index (Phi) is 3.57. The second kappa shape index (κ2) is 5.31. The number of aromatic nitrogens is 2. The van der Waals surface area contributed by atoms with Crippen LogP contribution >= 0.6 is 0 Å². The van der Waals surface area contributed by atoms with E-state index in [1.165, 1.54) is 23.0 Å². The lowest BCUT2D eigenvalue weighted by Gasteiger charge is -2.06. The molecule has 0 atom stereocenters. The third kappa shape index (κ3) is 2.77. The van der Waals surface area contributed by atoms with Gasteiger partial charge in [-0.15, -0.1) is 0 Å². The molecule has 1 amide bonds. The van der Waals surface area contributed by atoms with E-state index in [-0.39, 0.29) is 18.0 Å². The SMILES string of the molecule is Cn1nccc1C(=O)NCc1ccc(C#N)cc1F. The lowest BCUT2D eigenvalue weighted by molar-refractivity contribution is 0.0941. The zero-order valence-electron chi connectivity index (χ0n) is 10.2. The maximum atomic E-state index is 13.6. The van der Waals surface area contributed by atoms with Crippen LogP contribution in [0, 0.1) is 17.1 Å². The molecule has 0 saturated heterocycles. The first kappa shape index (κ1) is 12.8. The van der Waals surface area contributed by atoms with Gasteiger partial charge in [0, 0.05) is 25.4 Å². The van der Waals surface area contributed by atoms with E-state index in [2.05, 4.69) is 10.4 Å². The van der Waals surface area contributed by atoms with Crippen molar-refractivity contribution in [1.82, 2.24) is 15.1 Å².